The predicted octanol–water partition coefficient (Wildman–Crippen LogP) is 6.21. The molecule has 27 heavy (non-hydrogen) atoms. The number of rotatable bonds is 6. The molecule has 0 aliphatic carbocycles. The van der Waals surface area contributed by atoms with Crippen molar-refractivity contribution in [1.29, 1.82) is 0 Å². The molecular weight excluding hydrogens is 335 g/mol. The van der Waals surface area contributed by atoms with Gasteiger partial charge in [0, 0.05) is 5.56 Å². The van der Waals surface area contributed by atoms with Gasteiger partial charge in [0.1, 0.15) is 5.82 Å². The fourth-order valence-electron chi connectivity index (χ4n) is 2.84. The average Bonchev–Trinajstić information content (AvgIpc) is 2.68. The molecular formula is C24H23FN2. The number of aryl methyl sites for hydroxylation is 2. The molecule has 0 fully saturated rings. The summed E-state index contributed by atoms with van der Waals surface area (Å²) in [7, 11) is 0. The van der Waals surface area contributed by atoms with E-state index < -0.39 is 0 Å². The van der Waals surface area contributed by atoms with E-state index in [2.05, 4.69) is 29.3 Å². The molecule has 0 N–H and O–H groups in total. The van der Waals surface area contributed by atoms with Crippen LogP contribution in [0.25, 0.3) is 11.1 Å². The molecule has 3 aromatic rings. The lowest BCUT2D eigenvalue weighted by molar-refractivity contribution is 0.631. The Hall–Kier alpha value is -3.07. The van der Waals surface area contributed by atoms with Gasteiger partial charge in [-0.15, -0.1) is 0 Å². The molecule has 0 bridgehead atoms. The first kappa shape index (κ1) is 18.7. The third kappa shape index (κ3) is 5.20. The van der Waals surface area contributed by atoms with E-state index in [4.69, 9.17) is 0 Å². The minimum absolute atomic E-state index is 0.265. The fraction of sp³-hybridized carbons (Fsp3) is 0.167. The highest BCUT2D eigenvalue weighted by atomic mass is 19.1. The zero-order valence-electron chi connectivity index (χ0n) is 15.7. The molecule has 0 aliphatic heterocycles. The van der Waals surface area contributed by atoms with Crippen molar-refractivity contribution >= 4 is 12.4 Å². The van der Waals surface area contributed by atoms with Crippen LogP contribution in [0.5, 0.6) is 0 Å². The molecule has 3 heteroatoms. The quantitative estimate of drug-likeness (QED) is 0.370. The zero-order valence-corrected chi connectivity index (χ0v) is 15.7. The average molecular weight is 358 g/mol. The fourth-order valence-corrected chi connectivity index (χ4v) is 2.84. The van der Waals surface area contributed by atoms with Crippen LogP contribution in [0.15, 0.2) is 76.9 Å². The van der Waals surface area contributed by atoms with E-state index in [9.17, 15) is 4.39 Å². The molecule has 136 valence electrons. The first-order valence-electron chi connectivity index (χ1n) is 9.17. The first-order chi connectivity index (χ1) is 13.2. The van der Waals surface area contributed by atoms with Crippen LogP contribution in [0.3, 0.4) is 0 Å². The Kier molecular flexibility index (Phi) is 6.26. The van der Waals surface area contributed by atoms with Crippen molar-refractivity contribution in [1.82, 2.24) is 0 Å². The van der Waals surface area contributed by atoms with Gasteiger partial charge in [-0.25, -0.2) is 4.39 Å². The molecule has 0 saturated heterocycles. The highest BCUT2D eigenvalue weighted by molar-refractivity contribution is 5.83. The summed E-state index contributed by atoms with van der Waals surface area (Å²) in [5.74, 6) is -0.265. The maximum absolute atomic E-state index is 14.4. The van der Waals surface area contributed by atoms with E-state index in [1.54, 1.807) is 18.5 Å². The van der Waals surface area contributed by atoms with Crippen molar-refractivity contribution in [2.75, 3.05) is 0 Å². The minimum atomic E-state index is -0.265. The molecule has 0 atom stereocenters. The highest BCUT2D eigenvalue weighted by Gasteiger charge is 2.05. The Bertz CT molecular complexity index is 939. The molecule has 0 radical (unpaired) electrons. The van der Waals surface area contributed by atoms with E-state index in [1.807, 2.05) is 49.4 Å². The zero-order chi connectivity index (χ0) is 19.1. The van der Waals surface area contributed by atoms with E-state index in [0.717, 1.165) is 29.5 Å². The Morgan fingerprint density at radius 1 is 0.815 bits per heavy atom. The van der Waals surface area contributed by atoms with Crippen LogP contribution in [0.1, 0.15) is 35.6 Å². The summed E-state index contributed by atoms with van der Waals surface area (Å²) >= 11 is 0. The maximum atomic E-state index is 14.4. The minimum Gasteiger partial charge on any atom is -0.206 e. The van der Waals surface area contributed by atoms with Gasteiger partial charge in [-0.3, -0.25) is 0 Å². The van der Waals surface area contributed by atoms with Gasteiger partial charge in [-0.2, -0.15) is 10.2 Å². The van der Waals surface area contributed by atoms with Crippen molar-refractivity contribution in [3.8, 4) is 11.1 Å². The monoisotopic (exact) mass is 358 g/mol. The van der Waals surface area contributed by atoms with Crippen LogP contribution in [-0.4, -0.2) is 12.4 Å². The molecule has 3 aromatic carbocycles. The molecule has 0 heterocycles. The summed E-state index contributed by atoms with van der Waals surface area (Å²) in [6, 6.07) is 21.2. The van der Waals surface area contributed by atoms with Crippen LogP contribution in [0, 0.1) is 12.7 Å². The van der Waals surface area contributed by atoms with Gasteiger partial charge in [0.2, 0.25) is 0 Å². The third-order valence-corrected chi connectivity index (χ3v) is 4.35. The second-order valence-corrected chi connectivity index (χ2v) is 6.59. The Balaban J connectivity index is 1.66. The number of nitrogens with zero attached hydrogens (tertiary/aromatic N) is 2. The topological polar surface area (TPSA) is 24.7 Å². The Labute approximate surface area is 160 Å². The number of hydrogen-bond acceptors (Lipinski definition) is 2. The standard InChI is InChI=1S/C24H23FN2/c1-3-4-19-7-9-20(10-8-19)16-26-27-17-21-11-14-23(24(25)15-21)22-12-5-18(2)6-13-22/h5-17H,3-4H2,1-2H3. The summed E-state index contributed by atoms with van der Waals surface area (Å²) in [4.78, 5) is 0. The lowest BCUT2D eigenvalue weighted by Gasteiger charge is -2.04. The van der Waals surface area contributed by atoms with Crippen LogP contribution >= 0.6 is 0 Å². The van der Waals surface area contributed by atoms with Crippen molar-refractivity contribution in [3.05, 3.63) is 94.8 Å². The van der Waals surface area contributed by atoms with Crippen LogP contribution in [-0.2, 0) is 6.42 Å². The Morgan fingerprint density at radius 2 is 1.44 bits per heavy atom. The molecule has 3 rings (SSSR count). The van der Waals surface area contributed by atoms with Gasteiger partial charge in [0.05, 0.1) is 12.4 Å². The van der Waals surface area contributed by atoms with Crippen molar-refractivity contribution in [2.24, 2.45) is 10.2 Å². The summed E-state index contributed by atoms with van der Waals surface area (Å²) in [6.07, 6.45) is 5.48. The van der Waals surface area contributed by atoms with E-state index in [0.29, 0.717) is 11.1 Å². The molecule has 0 aliphatic rings. The number of hydrogen-bond donors (Lipinski definition) is 0. The highest BCUT2D eigenvalue weighted by Crippen LogP contribution is 2.23. The smallest absolute Gasteiger partial charge is 0.131 e. The van der Waals surface area contributed by atoms with Crippen molar-refractivity contribution < 1.29 is 4.39 Å². The van der Waals surface area contributed by atoms with Crippen molar-refractivity contribution in [3.63, 3.8) is 0 Å². The largest absolute Gasteiger partial charge is 0.206 e. The molecule has 0 saturated carbocycles. The van der Waals surface area contributed by atoms with Crippen LogP contribution in [0.2, 0.25) is 0 Å². The number of halogens is 1. The maximum Gasteiger partial charge on any atom is 0.131 e. The molecule has 0 spiro atoms. The van der Waals surface area contributed by atoms with Crippen LogP contribution < -0.4 is 0 Å². The predicted molar refractivity (Wildman–Crippen MR) is 112 cm³/mol. The molecule has 0 unspecified atom stereocenters. The second kappa shape index (κ2) is 9.04. The Morgan fingerprint density at radius 3 is 2.07 bits per heavy atom. The van der Waals surface area contributed by atoms with Gasteiger partial charge in [0.15, 0.2) is 0 Å². The van der Waals surface area contributed by atoms with Gasteiger partial charge >= 0.3 is 0 Å². The lowest BCUT2D eigenvalue weighted by Crippen LogP contribution is -1.89. The van der Waals surface area contributed by atoms with E-state index in [-0.39, 0.29) is 5.82 Å². The lowest BCUT2D eigenvalue weighted by atomic mass is 10.0. The second-order valence-electron chi connectivity index (χ2n) is 6.59. The third-order valence-electron chi connectivity index (χ3n) is 4.35. The van der Waals surface area contributed by atoms with E-state index in [1.165, 1.54) is 11.6 Å². The summed E-state index contributed by atoms with van der Waals surface area (Å²) in [5.41, 5.74) is 5.60. The van der Waals surface area contributed by atoms with Crippen LogP contribution in [0.4, 0.5) is 4.39 Å². The normalized spacial score (nSPS) is 11.5. The molecule has 0 amide bonds. The van der Waals surface area contributed by atoms with Gasteiger partial charge in [-0.1, -0.05) is 79.6 Å². The van der Waals surface area contributed by atoms with E-state index >= 15 is 0 Å². The van der Waals surface area contributed by atoms with Crippen molar-refractivity contribution in [2.45, 2.75) is 26.7 Å². The molecule has 0 aromatic heterocycles. The first-order valence-corrected chi connectivity index (χ1v) is 9.17. The van der Waals surface area contributed by atoms with Gasteiger partial charge in [0.25, 0.3) is 0 Å². The van der Waals surface area contributed by atoms with Gasteiger partial charge < -0.3 is 0 Å². The summed E-state index contributed by atoms with van der Waals surface area (Å²) in [5, 5.41) is 8.08. The van der Waals surface area contributed by atoms with Gasteiger partial charge in [-0.05, 0) is 41.7 Å². The summed E-state index contributed by atoms with van der Waals surface area (Å²) in [6.45, 7) is 4.18. The SMILES string of the molecule is CCCc1ccc(C=NN=Cc2ccc(-c3ccc(C)cc3)c(F)c2)cc1. The summed E-state index contributed by atoms with van der Waals surface area (Å²) < 4.78 is 14.4. The number of benzene rings is 3. The molecule has 2 nitrogen and oxygen atoms in total.